The number of H-pyrrole nitrogens is 1. The fourth-order valence-electron chi connectivity index (χ4n) is 3.72. The molecule has 1 saturated heterocycles. The van der Waals surface area contributed by atoms with Crippen molar-refractivity contribution in [2.45, 2.75) is 38.5 Å². The molecule has 0 aliphatic carbocycles. The van der Waals surface area contributed by atoms with Gasteiger partial charge in [0.05, 0.1) is 11.9 Å². The van der Waals surface area contributed by atoms with Gasteiger partial charge < -0.3 is 4.90 Å². The molecule has 1 aliphatic rings. The first-order chi connectivity index (χ1) is 13.1. The van der Waals surface area contributed by atoms with Crippen LogP contribution in [-0.4, -0.2) is 43.7 Å². The maximum atomic E-state index is 13.1. The molecular formula is C20H23N5OS. The van der Waals surface area contributed by atoms with Gasteiger partial charge in [-0.3, -0.25) is 9.89 Å². The minimum Gasteiger partial charge on any atom is -0.337 e. The Morgan fingerprint density at radius 3 is 2.89 bits per heavy atom. The molecule has 1 aromatic carbocycles. The number of carbonyl (C=O) groups is 1. The maximum absolute atomic E-state index is 13.1. The molecular weight excluding hydrogens is 358 g/mol. The number of amides is 1. The highest BCUT2D eigenvalue weighted by Gasteiger charge is 2.30. The van der Waals surface area contributed by atoms with Gasteiger partial charge in [0.25, 0.3) is 5.91 Å². The molecule has 0 spiro atoms. The van der Waals surface area contributed by atoms with Crippen molar-refractivity contribution in [2.24, 2.45) is 0 Å². The van der Waals surface area contributed by atoms with Crippen LogP contribution in [0, 0.1) is 0 Å². The van der Waals surface area contributed by atoms with Gasteiger partial charge in [-0.15, -0.1) is 5.10 Å². The fourth-order valence-corrected chi connectivity index (χ4v) is 4.51. The standard InChI is InChI=1S/C20H23N5OS/c1-13(2)17-19(27-24-23-17)20(26)25-10-6-9-15(12-25)18-16(11-21-22-18)14-7-4-3-5-8-14/h3-5,7-8,11,13,15H,6,9-10,12H2,1-2H3,(H,21,22)/t15-/m0/s1. The van der Waals surface area contributed by atoms with E-state index in [0.717, 1.165) is 41.9 Å². The van der Waals surface area contributed by atoms with E-state index in [4.69, 9.17) is 0 Å². The maximum Gasteiger partial charge on any atom is 0.267 e. The van der Waals surface area contributed by atoms with E-state index in [2.05, 4.69) is 31.9 Å². The highest BCUT2D eigenvalue weighted by Crippen LogP contribution is 2.34. The average Bonchev–Trinajstić information content (AvgIpc) is 3.38. The zero-order valence-electron chi connectivity index (χ0n) is 15.6. The second kappa shape index (κ2) is 7.60. The Hall–Kier alpha value is -2.54. The first-order valence-corrected chi connectivity index (χ1v) is 10.1. The molecule has 1 fully saturated rings. The Morgan fingerprint density at radius 2 is 2.11 bits per heavy atom. The van der Waals surface area contributed by atoms with Crippen LogP contribution >= 0.6 is 11.5 Å². The summed E-state index contributed by atoms with van der Waals surface area (Å²) in [4.78, 5) is 15.7. The lowest BCUT2D eigenvalue weighted by Gasteiger charge is -2.32. The molecule has 4 rings (SSSR count). The van der Waals surface area contributed by atoms with Crippen LogP contribution in [0.5, 0.6) is 0 Å². The van der Waals surface area contributed by atoms with Crippen molar-refractivity contribution >= 4 is 17.4 Å². The van der Waals surface area contributed by atoms with Crippen molar-refractivity contribution < 1.29 is 4.79 Å². The molecule has 1 amide bonds. The first-order valence-electron chi connectivity index (χ1n) is 9.35. The molecule has 3 heterocycles. The van der Waals surface area contributed by atoms with Crippen LogP contribution < -0.4 is 0 Å². The third-order valence-corrected chi connectivity index (χ3v) is 5.85. The predicted octanol–water partition coefficient (Wildman–Crippen LogP) is 4.07. The van der Waals surface area contributed by atoms with Gasteiger partial charge in [0, 0.05) is 30.3 Å². The lowest BCUT2D eigenvalue weighted by atomic mass is 9.90. The molecule has 0 unspecified atom stereocenters. The molecule has 7 heteroatoms. The highest BCUT2D eigenvalue weighted by atomic mass is 32.1. The number of nitrogens with zero attached hydrogens (tertiary/aromatic N) is 4. The largest absolute Gasteiger partial charge is 0.337 e. The normalized spacial score (nSPS) is 17.4. The van der Waals surface area contributed by atoms with Gasteiger partial charge in [-0.25, -0.2) is 0 Å². The zero-order chi connectivity index (χ0) is 18.8. The van der Waals surface area contributed by atoms with E-state index in [1.54, 1.807) is 0 Å². The van der Waals surface area contributed by atoms with Gasteiger partial charge in [0.15, 0.2) is 0 Å². The van der Waals surface area contributed by atoms with Crippen LogP contribution in [0.2, 0.25) is 0 Å². The summed E-state index contributed by atoms with van der Waals surface area (Å²) >= 11 is 1.21. The van der Waals surface area contributed by atoms with Gasteiger partial charge in [0.1, 0.15) is 4.88 Å². The number of benzene rings is 1. The van der Waals surface area contributed by atoms with Gasteiger partial charge in [-0.1, -0.05) is 48.7 Å². The van der Waals surface area contributed by atoms with E-state index < -0.39 is 0 Å². The first kappa shape index (κ1) is 17.9. The number of aromatic nitrogens is 4. The van der Waals surface area contributed by atoms with Crippen LogP contribution in [0.1, 0.15) is 59.6 Å². The topological polar surface area (TPSA) is 74.8 Å². The molecule has 1 N–H and O–H groups in total. The summed E-state index contributed by atoms with van der Waals surface area (Å²) in [6.45, 7) is 5.56. The smallest absolute Gasteiger partial charge is 0.267 e. The van der Waals surface area contributed by atoms with E-state index in [-0.39, 0.29) is 17.7 Å². The van der Waals surface area contributed by atoms with Crippen LogP contribution in [0.15, 0.2) is 36.5 Å². The molecule has 27 heavy (non-hydrogen) atoms. The number of nitrogens with one attached hydrogen (secondary N) is 1. The number of likely N-dealkylation sites (tertiary alicyclic amines) is 1. The average molecular weight is 382 g/mol. The second-order valence-corrected chi connectivity index (χ2v) is 8.05. The number of carbonyl (C=O) groups excluding carboxylic acids is 1. The Labute approximate surface area is 162 Å². The van der Waals surface area contributed by atoms with Gasteiger partial charge in [0.2, 0.25) is 0 Å². The minimum absolute atomic E-state index is 0.0548. The number of hydrogen-bond acceptors (Lipinski definition) is 5. The molecule has 140 valence electrons. The Balaban J connectivity index is 1.57. The van der Waals surface area contributed by atoms with E-state index >= 15 is 0 Å². The number of piperidine rings is 1. The summed E-state index contributed by atoms with van der Waals surface area (Å²) in [5, 5.41) is 11.6. The minimum atomic E-state index is 0.0548. The Kier molecular flexibility index (Phi) is 5.03. The van der Waals surface area contributed by atoms with E-state index in [9.17, 15) is 4.79 Å². The van der Waals surface area contributed by atoms with Crippen molar-refractivity contribution in [2.75, 3.05) is 13.1 Å². The SMILES string of the molecule is CC(C)c1nnsc1C(=O)N1CCC[C@H](c2[nH]ncc2-c2ccccc2)C1. The van der Waals surface area contributed by atoms with Gasteiger partial charge >= 0.3 is 0 Å². The summed E-state index contributed by atoms with van der Waals surface area (Å²) in [6, 6.07) is 10.3. The zero-order valence-corrected chi connectivity index (χ0v) is 16.4. The third kappa shape index (κ3) is 3.51. The highest BCUT2D eigenvalue weighted by molar-refractivity contribution is 7.08. The summed E-state index contributed by atoms with van der Waals surface area (Å²) in [7, 11) is 0. The second-order valence-electron chi connectivity index (χ2n) is 7.30. The molecule has 1 atom stereocenters. The van der Waals surface area contributed by atoms with Crippen LogP contribution in [0.3, 0.4) is 0 Å². The summed E-state index contributed by atoms with van der Waals surface area (Å²) < 4.78 is 4.01. The Morgan fingerprint density at radius 1 is 1.30 bits per heavy atom. The molecule has 6 nitrogen and oxygen atoms in total. The van der Waals surface area contributed by atoms with Crippen LogP contribution in [-0.2, 0) is 0 Å². The molecule has 0 saturated carbocycles. The van der Waals surface area contributed by atoms with Crippen molar-refractivity contribution in [1.29, 1.82) is 0 Å². The van der Waals surface area contributed by atoms with E-state index in [1.165, 1.54) is 11.5 Å². The number of rotatable bonds is 4. The molecule has 1 aliphatic heterocycles. The number of hydrogen-bond donors (Lipinski definition) is 1. The van der Waals surface area contributed by atoms with Crippen molar-refractivity contribution in [3.05, 3.63) is 52.8 Å². The predicted molar refractivity (Wildman–Crippen MR) is 106 cm³/mol. The van der Waals surface area contributed by atoms with Crippen LogP contribution in [0.4, 0.5) is 0 Å². The number of aromatic amines is 1. The summed E-state index contributed by atoms with van der Waals surface area (Å²) in [5.41, 5.74) is 4.19. The van der Waals surface area contributed by atoms with E-state index in [1.807, 2.05) is 43.1 Å². The van der Waals surface area contributed by atoms with Crippen molar-refractivity contribution in [3.63, 3.8) is 0 Å². The summed E-state index contributed by atoms with van der Waals surface area (Å²) in [6.07, 6.45) is 3.91. The van der Waals surface area contributed by atoms with Gasteiger partial charge in [-0.05, 0) is 35.9 Å². The molecule has 3 aromatic rings. The van der Waals surface area contributed by atoms with Crippen molar-refractivity contribution in [3.8, 4) is 11.1 Å². The lowest BCUT2D eigenvalue weighted by Crippen LogP contribution is -2.39. The fraction of sp³-hybridized carbons (Fsp3) is 0.400. The summed E-state index contributed by atoms with van der Waals surface area (Å²) in [5.74, 6) is 0.503. The van der Waals surface area contributed by atoms with E-state index in [0.29, 0.717) is 11.4 Å². The van der Waals surface area contributed by atoms with Crippen molar-refractivity contribution in [1.82, 2.24) is 24.7 Å². The third-order valence-electron chi connectivity index (χ3n) is 5.12. The van der Waals surface area contributed by atoms with Crippen LogP contribution in [0.25, 0.3) is 11.1 Å². The Bertz CT molecular complexity index is 917. The quantitative estimate of drug-likeness (QED) is 0.739. The lowest BCUT2D eigenvalue weighted by molar-refractivity contribution is 0.0709. The monoisotopic (exact) mass is 381 g/mol. The molecule has 2 aromatic heterocycles. The molecule has 0 bridgehead atoms. The van der Waals surface area contributed by atoms with Gasteiger partial charge in [-0.2, -0.15) is 5.10 Å². The molecule has 0 radical (unpaired) electrons.